The summed E-state index contributed by atoms with van der Waals surface area (Å²) in [7, 11) is 0. The second-order valence-corrected chi connectivity index (χ2v) is 2.92. The first kappa shape index (κ1) is 9.97. The lowest BCUT2D eigenvalue weighted by Crippen LogP contribution is -2.11. The summed E-state index contributed by atoms with van der Waals surface area (Å²) in [6, 6.07) is 0. The molecule has 0 aliphatic rings. The molecule has 10 N–H and O–H groups in total. The van der Waals surface area contributed by atoms with Crippen LogP contribution in [0.15, 0.2) is 0 Å². The van der Waals surface area contributed by atoms with Gasteiger partial charge in [0.05, 0.1) is 28.4 Å². The number of nitrogen functional groups attached to an aromatic ring is 5. The molecule has 0 fully saturated rings. The molecule has 0 aliphatic heterocycles. The number of aldehydes is 1. The van der Waals surface area contributed by atoms with E-state index in [1.165, 1.54) is 0 Å². The van der Waals surface area contributed by atoms with Gasteiger partial charge in [-0.2, -0.15) is 0 Å². The van der Waals surface area contributed by atoms with E-state index in [-0.39, 0.29) is 34.9 Å². The highest BCUT2D eigenvalue weighted by Crippen LogP contribution is 2.38. The molecule has 0 bridgehead atoms. The fraction of sp³-hybridized carbons (Fsp3) is 0.125. The highest BCUT2D eigenvalue weighted by atomic mass is 16.1. The molecule has 1 aromatic carbocycles. The second-order valence-electron chi connectivity index (χ2n) is 2.92. The molecule has 0 amide bonds. The number of hydrogen-bond acceptors (Lipinski definition) is 6. The zero-order chi connectivity index (χ0) is 10.9. The van der Waals surface area contributed by atoms with Crippen LogP contribution in [0.1, 0.15) is 5.56 Å². The predicted molar refractivity (Wildman–Crippen MR) is 58.3 cm³/mol. The molecule has 0 spiro atoms. The van der Waals surface area contributed by atoms with Crippen molar-refractivity contribution in [2.24, 2.45) is 0 Å². The van der Waals surface area contributed by atoms with Crippen LogP contribution in [0.25, 0.3) is 0 Å². The van der Waals surface area contributed by atoms with E-state index in [4.69, 9.17) is 28.7 Å². The summed E-state index contributed by atoms with van der Waals surface area (Å²) in [5, 5.41) is 0. The van der Waals surface area contributed by atoms with E-state index in [1.54, 1.807) is 0 Å². The Morgan fingerprint density at radius 1 is 0.786 bits per heavy atom. The van der Waals surface area contributed by atoms with Crippen LogP contribution in [0.4, 0.5) is 28.4 Å². The normalized spacial score (nSPS) is 10.0. The monoisotopic (exact) mass is 195 g/mol. The van der Waals surface area contributed by atoms with Crippen molar-refractivity contribution in [3.05, 3.63) is 5.56 Å². The van der Waals surface area contributed by atoms with E-state index in [9.17, 15) is 4.79 Å². The molecule has 0 aliphatic carbocycles. The van der Waals surface area contributed by atoms with E-state index in [0.717, 1.165) is 0 Å². The molecule has 0 aromatic heterocycles. The van der Waals surface area contributed by atoms with Gasteiger partial charge in [-0.25, -0.2) is 0 Å². The minimum atomic E-state index is 0.0757. The highest BCUT2D eigenvalue weighted by Gasteiger charge is 2.14. The molecule has 1 aromatic rings. The maximum absolute atomic E-state index is 10.4. The van der Waals surface area contributed by atoms with E-state index in [1.807, 2.05) is 0 Å². The molecule has 1 rings (SSSR count). The lowest BCUT2D eigenvalue weighted by atomic mass is 10.0. The number of nitrogens with two attached hydrogens (primary N) is 5. The van der Waals surface area contributed by atoms with Crippen molar-refractivity contribution in [3.63, 3.8) is 0 Å². The molecule has 0 heterocycles. The van der Waals surface area contributed by atoms with Gasteiger partial charge in [-0.15, -0.1) is 0 Å². The Labute approximate surface area is 81.0 Å². The third-order valence-electron chi connectivity index (χ3n) is 2.10. The molecule has 0 saturated carbocycles. The SMILES string of the molecule is Nc1c(N)c(N)c(CC=O)c(N)c1N. The number of benzene rings is 1. The summed E-state index contributed by atoms with van der Waals surface area (Å²) in [6.07, 6.45) is 0.753. The molecule has 0 saturated heterocycles. The standard InChI is InChI=1S/C8H13N5O/c9-4-3(1-2-14)5(10)7(12)8(13)6(4)11/h2H,1,9-13H2. The molecule has 76 valence electrons. The average Bonchev–Trinajstić information content (AvgIpc) is 2.19. The van der Waals surface area contributed by atoms with Crippen LogP contribution >= 0.6 is 0 Å². The summed E-state index contributed by atoms with van der Waals surface area (Å²) in [6.45, 7) is 0. The molecule has 0 radical (unpaired) electrons. The molecule has 14 heavy (non-hydrogen) atoms. The van der Waals surface area contributed by atoms with Crippen molar-refractivity contribution < 1.29 is 4.79 Å². The van der Waals surface area contributed by atoms with Gasteiger partial charge in [0, 0.05) is 12.0 Å². The Morgan fingerprint density at radius 3 is 1.50 bits per heavy atom. The zero-order valence-corrected chi connectivity index (χ0v) is 7.58. The van der Waals surface area contributed by atoms with Crippen LogP contribution in [-0.4, -0.2) is 6.29 Å². The van der Waals surface area contributed by atoms with Crippen LogP contribution in [0.5, 0.6) is 0 Å². The minimum Gasteiger partial charge on any atom is -0.397 e. The van der Waals surface area contributed by atoms with Gasteiger partial charge in [0.25, 0.3) is 0 Å². The largest absolute Gasteiger partial charge is 0.397 e. The fourth-order valence-electron chi connectivity index (χ4n) is 1.21. The van der Waals surface area contributed by atoms with Crippen molar-refractivity contribution in [2.75, 3.05) is 28.7 Å². The van der Waals surface area contributed by atoms with Gasteiger partial charge in [0.2, 0.25) is 0 Å². The van der Waals surface area contributed by atoms with E-state index < -0.39 is 0 Å². The van der Waals surface area contributed by atoms with Crippen LogP contribution in [0.3, 0.4) is 0 Å². The van der Waals surface area contributed by atoms with Crippen molar-refractivity contribution in [3.8, 4) is 0 Å². The number of carbonyl (C=O) groups is 1. The Kier molecular flexibility index (Phi) is 2.37. The average molecular weight is 195 g/mol. The number of carbonyl (C=O) groups excluding carboxylic acids is 1. The summed E-state index contributed by atoms with van der Waals surface area (Å²) < 4.78 is 0. The van der Waals surface area contributed by atoms with Crippen LogP contribution in [0, 0.1) is 0 Å². The molecule has 6 heteroatoms. The fourth-order valence-corrected chi connectivity index (χ4v) is 1.21. The van der Waals surface area contributed by atoms with Crippen molar-refractivity contribution in [2.45, 2.75) is 6.42 Å². The quantitative estimate of drug-likeness (QED) is 0.312. The van der Waals surface area contributed by atoms with Gasteiger partial charge >= 0.3 is 0 Å². The van der Waals surface area contributed by atoms with Crippen LogP contribution < -0.4 is 28.7 Å². The number of anilines is 5. The van der Waals surface area contributed by atoms with E-state index in [0.29, 0.717) is 11.8 Å². The minimum absolute atomic E-state index is 0.0757. The molecular weight excluding hydrogens is 182 g/mol. The summed E-state index contributed by atoms with van der Waals surface area (Å²) in [4.78, 5) is 10.4. The topological polar surface area (TPSA) is 147 Å². The summed E-state index contributed by atoms with van der Waals surface area (Å²) in [5.41, 5.74) is 29.4. The molecule has 0 unspecified atom stereocenters. The van der Waals surface area contributed by atoms with Crippen molar-refractivity contribution >= 4 is 34.7 Å². The van der Waals surface area contributed by atoms with Gasteiger partial charge in [-0.05, 0) is 0 Å². The van der Waals surface area contributed by atoms with Crippen molar-refractivity contribution in [1.82, 2.24) is 0 Å². The summed E-state index contributed by atoms with van der Waals surface area (Å²) in [5.74, 6) is 0. The van der Waals surface area contributed by atoms with Crippen molar-refractivity contribution in [1.29, 1.82) is 0 Å². The van der Waals surface area contributed by atoms with Crippen LogP contribution in [-0.2, 0) is 11.2 Å². The first-order chi connectivity index (χ1) is 6.50. The lowest BCUT2D eigenvalue weighted by Gasteiger charge is -2.14. The Morgan fingerprint density at radius 2 is 1.14 bits per heavy atom. The third-order valence-corrected chi connectivity index (χ3v) is 2.10. The lowest BCUT2D eigenvalue weighted by molar-refractivity contribution is -0.107. The van der Waals surface area contributed by atoms with E-state index >= 15 is 0 Å². The third kappa shape index (κ3) is 1.26. The first-order valence-electron chi connectivity index (χ1n) is 3.94. The number of rotatable bonds is 2. The highest BCUT2D eigenvalue weighted by molar-refractivity contribution is 5.97. The maximum Gasteiger partial charge on any atom is 0.124 e. The zero-order valence-electron chi connectivity index (χ0n) is 7.58. The van der Waals surface area contributed by atoms with Gasteiger partial charge in [0.1, 0.15) is 6.29 Å². The molecule has 0 atom stereocenters. The van der Waals surface area contributed by atoms with Gasteiger partial charge in [-0.3, -0.25) is 0 Å². The van der Waals surface area contributed by atoms with Gasteiger partial charge in [0.15, 0.2) is 0 Å². The summed E-state index contributed by atoms with van der Waals surface area (Å²) >= 11 is 0. The molecule has 6 nitrogen and oxygen atoms in total. The second kappa shape index (κ2) is 3.33. The van der Waals surface area contributed by atoms with Gasteiger partial charge in [-0.1, -0.05) is 0 Å². The smallest absolute Gasteiger partial charge is 0.124 e. The van der Waals surface area contributed by atoms with E-state index in [2.05, 4.69) is 0 Å². The maximum atomic E-state index is 10.4. The van der Waals surface area contributed by atoms with Gasteiger partial charge < -0.3 is 33.5 Å². The van der Waals surface area contributed by atoms with Crippen LogP contribution in [0.2, 0.25) is 0 Å². The molecular formula is C8H13N5O. The number of hydrogen-bond donors (Lipinski definition) is 5. The Balaban J connectivity index is 3.50. The first-order valence-corrected chi connectivity index (χ1v) is 3.94. The predicted octanol–water partition coefficient (Wildman–Crippen LogP) is -0.661. The Bertz CT molecular complexity index is 359. The Hall–Kier alpha value is -2.11.